The maximum absolute atomic E-state index is 12.3. The Hall–Kier alpha value is -2.55. The summed E-state index contributed by atoms with van der Waals surface area (Å²) >= 11 is 1.61. The third-order valence-electron chi connectivity index (χ3n) is 4.08. The van der Waals surface area contributed by atoms with Crippen molar-refractivity contribution in [1.29, 1.82) is 0 Å². The van der Waals surface area contributed by atoms with Crippen molar-refractivity contribution in [3.63, 3.8) is 0 Å². The van der Waals surface area contributed by atoms with E-state index in [1.165, 1.54) is 24.3 Å². The van der Waals surface area contributed by atoms with Crippen molar-refractivity contribution in [1.82, 2.24) is 15.0 Å². The molecule has 3 aromatic rings. The SMILES string of the molecule is CCNS(=O)(=O)c1ccc(C(=O)NCc2ccc(-c3csc(C)n3)cc2)cc1. The average Bonchev–Trinajstić information content (AvgIpc) is 3.13. The number of sulfonamides is 1. The van der Waals surface area contributed by atoms with Crippen molar-refractivity contribution in [3.05, 3.63) is 70.0 Å². The molecule has 6 nitrogen and oxygen atoms in total. The number of amides is 1. The van der Waals surface area contributed by atoms with Gasteiger partial charge in [0.05, 0.1) is 15.6 Å². The molecule has 2 aromatic carbocycles. The zero-order valence-corrected chi connectivity index (χ0v) is 17.2. The summed E-state index contributed by atoms with van der Waals surface area (Å²) in [4.78, 5) is 16.9. The first-order valence-corrected chi connectivity index (χ1v) is 11.1. The van der Waals surface area contributed by atoms with E-state index >= 15 is 0 Å². The number of hydrogen-bond acceptors (Lipinski definition) is 5. The third-order valence-corrected chi connectivity index (χ3v) is 6.42. The minimum Gasteiger partial charge on any atom is -0.348 e. The lowest BCUT2D eigenvalue weighted by molar-refractivity contribution is 0.0951. The van der Waals surface area contributed by atoms with Gasteiger partial charge in [0.25, 0.3) is 5.91 Å². The molecule has 0 atom stereocenters. The molecule has 2 N–H and O–H groups in total. The van der Waals surface area contributed by atoms with Gasteiger partial charge < -0.3 is 5.32 Å². The standard InChI is InChI=1S/C20H21N3O3S2/c1-3-22-28(25,26)18-10-8-17(9-11-18)20(24)21-12-15-4-6-16(7-5-15)19-13-27-14(2)23-19/h4-11,13,22H,3,12H2,1-2H3,(H,21,24). The van der Waals surface area contributed by atoms with E-state index < -0.39 is 10.0 Å². The predicted molar refractivity (Wildman–Crippen MR) is 111 cm³/mol. The van der Waals surface area contributed by atoms with Crippen LogP contribution in [0.2, 0.25) is 0 Å². The molecule has 0 saturated carbocycles. The molecule has 3 rings (SSSR count). The highest BCUT2D eigenvalue weighted by molar-refractivity contribution is 7.89. The highest BCUT2D eigenvalue weighted by atomic mass is 32.2. The van der Waals surface area contributed by atoms with Crippen molar-refractivity contribution < 1.29 is 13.2 Å². The van der Waals surface area contributed by atoms with Gasteiger partial charge in [0, 0.05) is 29.6 Å². The van der Waals surface area contributed by atoms with Crippen LogP contribution >= 0.6 is 11.3 Å². The normalized spacial score (nSPS) is 11.4. The first kappa shape index (κ1) is 20.2. The summed E-state index contributed by atoms with van der Waals surface area (Å²) in [6, 6.07) is 13.7. The Labute approximate surface area is 168 Å². The van der Waals surface area contributed by atoms with Crippen LogP contribution in [0.15, 0.2) is 58.8 Å². The van der Waals surface area contributed by atoms with Gasteiger partial charge in [-0.3, -0.25) is 4.79 Å². The summed E-state index contributed by atoms with van der Waals surface area (Å²) in [6.07, 6.45) is 0. The Morgan fingerprint density at radius 1 is 1.07 bits per heavy atom. The number of thiazole rings is 1. The lowest BCUT2D eigenvalue weighted by Gasteiger charge is -2.08. The smallest absolute Gasteiger partial charge is 0.251 e. The number of benzene rings is 2. The van der Waals surface area contributed by atoms with Gasteiger partial charge in [-0.1, -0.05) is 31.2 Å². The van der Waals surface area contributed by atoms with Crippen LogP contribution in [0.5, 0.6) is 0 Å². The van der Waals surface area contributed by atoms with Crippen LogP contribution in [0.4, 0.5) is 0 Å². The number of carbonyl (C=O) groups is 1. The molecule has 0 aliphatic rings. The summed E-state index contributed by atoms with van der Waals surface area (Å²) in [7, 11) is -3.52. The maximum atomic E-state index is 12.3. The second kappa shape index (κ2) is 8.64. The van der Waals surface area contributed by atoms with E-state index in [2.05, 4.69) is 15.0 Å². The maximum Gasteiger partial charge on any atom is 0.251 e. The van der Waals surface area contributed by atoms with E-state index in [1.807, 2.05) is 36.6 Å². The molecule has 1 aromatic heterocycles. The van der Waals surface area contributed by atoms with Gasteiger partial charge in [-0.2, -0.15) is 0 Å². The number of nitrogens with one attached hydrogen (secondary N) is 2. The topological polar surface area (TPSA) is 88.2 Å². The Morgan fingerprint density at radius 3 is 2.32 bits per heavy atom. The predicted octanol–water partition coefficient (Wildman–Crippen LogP) is 3.35. The quantitative estimate of drug-likeness (QED) is 0.619. The molecule has 0 fully saturated rings. The molecule has 1 heterocycles. The van der Waals surface area contributed by atoms with Gasteiger partial charge in [-0.15, -0.1) is 11.3 Å². The number of aryl methyl sites for hydroxylation is 1. The van der Waals surface area contributed by atoms with E-state index in [0.717, 1.165) is 21.8 Å². The van der Waals surface area contributed by atoms with Crippen LogP contribution in [-0.2, 0) is 16.6 Å². The first-order chi connectivity index (χ1) is 13.4. The molecule has 0 aliphatic heterocycles. The Kier molecular flexibility index (Phi) is 6.23. The van der Waals surface area contributed by atoms with Gasteiger partial charge in [0.15, 0.2) is 0 Å². The molecule has 28 heavy (non-hydrogen) atoms. The van der Waals surface area contributed by atoms with Gasteiger partial charge in [-0.05, 0) is 36.8 Å². The number of rotatable bonds is 7. The summed E-state index contributed by atoms with van der Waals surface area (Å²) in [5, 5.41) is 5.89. The fraction of sp³-hybridized carbons (Fsp3) is 0.200. The van der Waals surface area contributed by atoms with Crippen LogP contribution < -0.4 is 10.0 Å². The Balaban J connectivity index is 1.61. The van der Waals surface area contributed by atoms with Crippen LogP contribution in [0.1, 0.15) is 27.9 Å². The minimum atomic E-state index is -3.52. The summed E-state index contributed by atoms with van der Waals surface area (Å²) in [5.74, 6) is -0.258. The third kappa shape index (κ3) is 4.83. The number of aromatic nitrogens is 1. The summed E-state index contributed by atoms with van der Waals surface area (Å²) in [6.45, 7) is 4.38. The highest BCUT2D eigenvalue weighted by Gasteiger charge is 2.13. The largest absolute Gasteiger partial charge is 0.348 e. The monoisotopic (exact) mass is 415 g/mol. The lowest BCUT2D eigenvalue weighted by Crippen LogP contribution is -2.24. The van der Waals surface area contributed by atoms with Gasteiger partial charge in [-0.25, -0.2) is 18.1 Å². The average molecular weight is 416 g/mol. The second-order valence-corrected chi connectivity index (χ2v) is 8.99. The van der Waals surface area contributed by atoms with E-state index in [1.54, 1.807) is 18.3 Å². The fourth-order valence-corrected chi connectivity index (χ4v) is 4.30. The first-order valence-electron chi connectivity index (χ1n) is 8.78. The van der Waals surface area contributed by atoms with E-state index in [0.29, 0.717) is 18.7 Å². The van der Waals surface area contributed by atoms with Crippen LogP contribution in [0, 0.1) is 6.92 Å². The Bertz CT molecular complexity index is 1060. The van der Waals surface area contributed by atoms with Gasteiger partial charge in [0.1, 0.15) is 0 Å². The number of hydrogen-bond donors (Lipinski definition) is 2. The Morgan fingerprint density at radius 2 is 1.75 bits per heavy atom. The zero-order valence-electron chi connectivity index (χ0n) is 15.6. The molecular weight excluding hydrogens is 394 g/mol. The van der Waals surface area contributed by atoms with Crippen molar-refractivity contribution in [2.45, 2.75) is 25.3 Å². The van der Waals surface area contributed by atoms with E-state index in [4.69, 9.17) is 0 Å². The van der Waals surface area contributed by atoms with Crippen LogP contribution in [0.25, 0.3) is 11.3 Å². The molecular formula is C20H21N3O3S2. The van der Waals surface area contributed by atoms with Crippen LogP contribution in [0.3, 0.4) is 0 Å². The lowest BCUT2D eigenvalue weighted by atomic mass is 10.1. The van der Waals surface area contributed by atoms with Crippen molar-refractivity contribution in [2.75, 3.05) is 6.54 Å². The fourth-order valence-electron chi connectivity index (χ4n) is 2.63. The van der Waals surface area contributed by atoms with Crippen molar-refractivity contribution >= 4 is 27.3 Å². The molecule has 8 heteroatoms. The molecule has 0 spiro atoms. The van der Waals surface area contributed by atoms with E-state index in [9.17, 15) is 13.2 Å². The number of carbonyl (C=O) groups excluding carboxylic acids is 1. The second-order valence-electron chi connectivity index (χ2n) is 6.16. The minimum absolute atomic E-state index is 0.138. The molecule has 0 saturated heterocycles. The molecule has 146 valence electrons. The molecule has 0 aliphatic carbocycles. The molecule has 0 unspecified atom stereocenters. The summed E-state index contributed by atoms with van der Waals surface area (Å²) in [5.41, 5.74) is 3.36. The zero-order chi connectivity index (χ0) is 20.1. The number of nitrogens with zero attached hydrogens (tertiary/aromatic N) is 1. The van der Waals surface area contributed by atoms with Crippen molar-refractivity contribution in [3.8, 4) is 11.3 Å². The van der Waals surface area contributed by atoms with Crippen molar-refractivity contribution in [2.24, 2.45) is 0 Å². The highest BCUT2D eigenvalue weighted by Crippen LogP contribution is 2.21. The molecule has 1 amide bonds. The van der Waals surface area contributed by atoms with E-state index in [-0.39, 0.29) is 10.8 Å². The summed E-state index contributed by atoms with van der Waals surface area (Å²) < 4.78 is 26.3. The van der Waals surface area contributed by atoms with Gasteiger partial charge in [0.2, 0.25) is 10.0 Å². The van der Waals surface area contributed by atoms with Crippen LogP contribution in [-0.4, -0.2) is 25.9 Å². The molecule has 0 bridgehead atoms. The molecule has 0 radical (unpaired) electrons. The van der Waals surface area contributed by atoms with Gasteiger partial charge >= 0.3 is 0 Å².